The molecule has 19 heavy (non-hydrogen) atoms. The third-order valence-electron chi connectivity index (χ3n) is 5.65. The molecule has 0 aliphatic heterocycles. The third kappa shape index (κ3) is 1.47. The summed E-state index contributed by atoms with van der Waals surface area (Å²) in [7, 11) is 0. The highest BCUT2D eigenvalue weighted by atomic mass is 16.2. The van der Waals surface area contributed by atoms with E-state index in [0.29, 0.717) is 12.2 Å². The Morgan fingerprint density at radius 3 is 2.16 bits per heavy atom. The monoisotopic (exact) mass is 262 g/mol. The number of nitrogens with zero attached hydrogens (tertiary/aromatic N) is 3. The van der Waals surface area contributed by atoms with E-state index in [1.807, 2.05) is 6.92 Å². The van der Waals surface area contributed by atoms with Gasteiger partial charge in [0.05, 0.1) is 5.54 Å². The van der Waals surface area contributed by atoms with Gasteiger partial charge < -0.3 is 5.84 Å². The van der Waals surface area contributed by atoms with Crippen LogP contribution in [0.4, 0.5) is 0 Å². The van der Waals surface area contributed by atoms with Crippen molar-refractivity contribution >= 4 is 0 Å². The van der Waals surface area contributed by atoms with Gasteiger partial charge in [0.2, 0.25) is 0 Å². The van der Waals surface area contributed by atoms with E-state index in [1.54, 1.807) is 4.68 Å². The summed E-state index contributed by atoms with van der Waals surface area (Å²) in [5, 5.41) is 4.56. The molecule has 0 atom stereocenters. The van der Waals surface area contributed by atoms with Gasteiger partial charge in [-0.1, -0.05) is 6.92 Å². The van der Waals surface area contributed by atoms with Gasteiger partial charge in [-0.2, -0.15) is 9.77 Å². The second kappa shape index (κ2) is 3.64. The maximum atomic E-state index is 12.4. The van der Waals surface area contributed by atoms with Crippen molar-refractivity contribution in [2.75, 3.05) is 5.84 Å². The molecule has 0 spiro atoms. The van der Waals surface area contributed by atoms with E-state index < -0.39 is 0 Å². The van der Waals surface area contributed by atoms with Crippen LogP contribution < -0.4 is 11.5 Å². The van der Waals surface area contributed by atoms with Crippen molar-refractivity contribution in [3.8, 4) is 0 Å². The maximum Gasteiger partial charge on any atom is 0.365 e. The molecule has 4 aliphatic rings. The maximum absolute atomic E-state index is 12.4. The van der Waals surface area contributed by atoms with Crippen LogP contribution in [0.5, 0.6) is 0 Å². The fourth-order valence-electron chi connectivity index (χ4n) is 5.29. The molecule has 1 aromatic heterocycles. The smallest absolute Gasteiger partial charge is 0.333 e. The number of nitrogen functional groups attached to an aromatic ring is 1. The number of hydrogen-bond donors (Lipinski definition) is 1. The van der Waals surface area contributed by atoms with Crippen molar-refractivity contribution in [1.82, 2.24) is 14.5 Å². The first-order valence-electron chi connectivity index (χ1n) is 7.58. The molecule has 0 radical (unpaired) electrons. The van der Waals surface area contributed by atoms with Crippen molar-refractivity contribution < 1.29 is 0 Å². The fraction of sp³-hybridized carbons (Fsp3) is 0.857. The topological polar surface area (TPSA) is 65.8 Å². The van der Waals surface area contributed by atoms with Gasteiger partial charge >= 0.3 is 5.69 Å². The zero-order valence-corrected chi connectivity index (χ0v) is 11.5. The van der Waals surface area contributed by atoms with Gasteiger partial charge in [0.25, 0.3) is 0 Å². The predicted molar refractivity (Wildman–Crippen MR) is 72.2 cm³/mol. The number of aryl methyl sites for hydroxylation is 1. The SMILES string of the molecule is CCc1nn(C23CC4CC(CC(C4)C2)C3)c(=O)n1N. The van der Waals surface area contributed by atoms with Gasteiger partial charge in [0.15, 0.2) is 5.82 Å². The second-order valence-corrected chi connectivity index (χ2v) is 6.98. The van der Waals surface area contributed by atoms with Gasteiger partial charge in [-0.3, -0.25) is 0 Å². The molecule has 4 fully saturated rings. The van der Waals surface area contributed by atoms with Crippen LogP contribution in [0, 0.1) is 17.8 Å². The van der Waals surface area contributed by atoms with Crippen molar-refractivity contribution in [2.45, 2.75) is 57.4 Å². The first-order valence-corrected chi connectivity index (χ1v) is 7.58. The molecule has 5 heteroatoms. The average molecular weight is 262 g/mol. The Bertz CT molecular complexity index is 535. The van der Waals surface area contributed by atoms with Gasteiger partial charge in [-0.25, -0.2) is 9.48 Å². The third-order valence-corrected chi connectivity index (χ3v) is 5.65. The van der Waals surface area contributed by atoms with E-state index in [0.717, 1.165) is 37.0 Å². The lowest BCUT2D eigenvalue weighted by atomic mass is 9.53. The summed E-state index contributed by atoms with van der Waals surface area (Å²) in [5.41, 5.74) is -0.126. The zero-order valence-electron chi connectivity index (χ0n) is 11.5. The summed E-state index contributed by atoms with van der Waals surface area (Å²) in [5.74, 6) is 9.00. The van der Waals surface area contributed by atoms with Crippen molar-refractivity contribution in [3.05, 3.63) is 16.3 Å². The highest BCUT2D eigenvalue weighted by Crippen LogP contribution is 2.58. The minimum absolute atomic E-state index is 0.0135. The predicted octanol–water partition coefficient (Wildman–Crippen LogP) is 1.25. The van der Waals surface area contributed by atoms with E-state index in [1.165, 1.54) is 23.9 Å². The van der Waals surface area contributed by atoms with Crippen LogP contribution in [-0.4, -0.2) is 14.5 Å². The Morgan fingerprint density at radius 1 is 1.21 bits per heavy atom. The average Bonchev–Trinajstić information content (AvgIpc) is 2.65. The molecule has 1 aromatic rings. The molecule has 1 heterocycles. The largest absolute Gasteiger partial charge is 0.365 e. The molecule has 4 bridgehead atoms. The number of aromatic nitrogens is 3. The van der Waals surface area contributed by atoms with E-state index >= 15 is 0 Å². The highest BCUT2D eigenvalue weighted by Gasteiger charge is 2.53. The molecule has 0 saturated heterocycles. The quantitative estimate of drug-likeness (QED) is 0.816. The zero-order chi connectivity index (χ0) is 13.2. The first kappa shape index (κ1) is 11.6. The molecule has 5 nitrogen and oxygen atoms in total. The normalized spacial score (nSPS) is 39.9. The second-order valence-electron chi connectivity index (χ2n) is 6.98. The van der Waals surface area contributed by atoms with Crippen LogP contribution in [0.25, 0.3) is 0 Å². The highest BCUT2D eigenvalue weighted by molar-refractivity contribution is 5.05. The molecule has 0 unspecified atom stereocenters. The van der Waals surface area contributed by atoms with E-state index in [9.17, 15) is 4.79 Å². The van der Waals surface area contributed by atoms with Crippen LogP contribution in [0.1, 0.15) is 51.3 Å². The summed E-state index contributed by atoms with van der Waals surface area (Å²) in [4.78, 5) is 12.4. The van der Waals surface area contributed by atoms with E-state index in [-0.39, 0.29) is 11.2 Å². The molecule has 4 saturated carbocycles. The Labute approximate surface area is 112 Å². The Hall–Kier alpha value is -1.26. The van der Waals surface area contributed by atoms with E-state index in [4.69, 9.17) is 5.84 Å². The lowest BCUT2D eigenvalue weighted by Crippen LogP contribution is -2.55. The molecule has 2 N–H and O–H groups in total. The minimum atomic E-state index is -0.112. The minimum Gasteiger partial charge on any atom is -0.333 e. The molecule has 0 amide bonds. The Kier molecular flexibility index (Phi) is 2.22. The standard InChI is InChI=1S/C14H22N4O/c1-2-12-16-18(13(19)17(12)15)14-6-9-3-10(7-14)5-11(4-9)8-14/h9-11H,2-8,15H2,1H3. The number of nitrogens with two attached hydrogens (primary N) is 1. The summed E-state index contributed by atoms with van der Waals surface area (Å²) in [6.07, 6.45) is 8.25. The van der Waals surface area contributed by atoms with Gasteiger partial charge in [0, 0.05) is 6.42 Å². The molecular weight excluding hydrogens is 240 g/mol. The van der Waals surface area contributed by atoms with Gasteiger partial charge in [0.1, 0.15) is 0 Å². The van der Waals surface area contributed by atoms with Gasteiger partial charge in [-0.15, -0.1) is 0 Å². The van der Waals surface area contributed by atoms with Crippen LogP contribution in [-0.2, 0) is 12.0 Å². The van der Waals surface area contributed by atoms with E-state index in [2.05, 4.69) is 5.10 Å². The summed E-state index contributed by atoms with van der Waals surface area (Å²) in [6, 6.07) is 0. The van der Waals surface area contributed by atoms with Crippen LogP contribution >= 0.6 is 0 Å². The van der Waals surface area contributed by atoms with Crippen molar-refractivity contribution in [3.63, 3.8) is 0 Å². The first-order chi connectivity index (χ1) is 9.11. The van der Waals surface area contributed by atoms with Crippen LogP contribution in [0.3, 0.4) is 0 Å². The molecular formula is C14H22N4O. The van der Waals surface area contributed by atoms with Crippen molar-refractivity contribution in [2.24, 2.45) is 17.8 Å². The summed E-state index contributed by atoms with van der Waals surface area (Å²) in [6.45, 7) is 2.00. The van der Waals surface area contributed by atoms with Crippen LogP contribution in [0.2, 0.25) is 0 Å². The van der Waals surface area contributed by atoms with Crippen molar-refractivity contribution in [1.29, 1.82) is 0 Å². The number of rotatable bonds is 2. The Balaban J connectivity index is 1.82. The number of hydrogen-bond acceptors (Lipinski definition) is 3. The van der Waals surface area contributed by atoms with Crippen LogP contribution in [0.15, 0.2) is 4.79 Å². The Morgan fingerprint density at radius 2 is 1.74 bits per heavy atom. The lowest BCUT2D eigenvalue weighted by Gasteiger charge is -2.56. The summed E-state index contributed by atoms with van der Waals surface area (Å²) < 4.78 is 3.01. The molecule has 4 aliphatic carbocycles. The van der Waals surface area contributed by atoms with Gasteiger partial charge in [-0.05, 0) is 56.3 Å². The lowest BCUT2D eigenvalue weighted by molar-refractivity contribution is -0.0515. The molecule has 104 valence electrons. The molecule has 5 rings (SSSR count). The fourth-order valence-corrected chi connectivity index (χ4v) is 5.29. The molecule has 0 aromatic carbocycles. The summed E-state index contributed by atoms with van der Waals surface area (Å²) >= 11 is 0.